The van der Waals surface area contributed by atoms with Gasteiger partial charge in [0.05, 0.1) is 16.5 Å². The van der Waals surface area contributed by atoms with E-state index in [9.17, 15) is 4.79 Å². The minimum Gasteiger partial charge on any atom is -0.337 e. The quantitative estimate of drug-likeness (QED) is 0.859. The summed E-state index contributed by atoms with van der Waals surface area (Å²) in [5, 5.41) is 8.86. The molecule has 0 aliphatic heterocycles. The first kappa shape index (κ1) is 13.3. The zero-order valence-corrected chi connectivity index (χ0v) is 11.7. The first-order valence-corrected chi connectivity index (χ1v) is 6.73. The summed E-state index contributed by atoms with van der Waals surface area (Å²) in [7, 11) is 1.77. The van der Waals surface area contributed by atoms with E-state index in [1.165, 1.54) is 11.3 Å². The Morgan fingerprint density at radius 2 is 2.16 bits per heavy atom. The van der Waals surface area contributed by atoms with E-state index in [2.05, 4.69) is 6.07 Å². The number of carbonyl (C=O) groups excluding carboxylic acids is 1. The SMILES string of the molecule is Cc1ccc(C(=O)N(C)Cc2cccc(C#N)c2)s1. The number of amides is 1. The van der Waals surface area contributed by atoms with Crippen molar-refractivity contribution in [2.24, 2.45) is 0 Å². The molecule has 3 nitrogen and oxygen atoms in total. The van der Waals surface area contributed by atoms with Crippen molar-refractivity contribution >= 4 is 17.2 Å². The average molecular weight is 270 g/mol. The number of rotatable bonds is 3. The third kappa shape index (κ3) is 3.21. The molecule has 0 atom stereocenters. The zero-order chi connectivity index (χ0) is 13.8. The Labute approximate surface area is 116 Å². The fraction of sp³-hybridized carbons (Fsp3) is 0.200. The van der Waals surface area contributed by atoms with E-state index >= 15 is 0 Å². The van der Waals surface area contributed by atoms with E-state index in [4.69, 9.17) is 5.26 Å². The van der Waals surface area contributed by atoms with Gasteiger partial charge in [0.2, 0.25) is 0 Å². The lowest BCUT2D eigenvalue weighted by molar-refractivity contribution is 0.0790. The molecule has 0 fully saturated rings. The summed E-state index contributed by atoms with van der Waals surface area (Å²) < 4.78 is 0. The molecule has 4 heteroatoms. The molecule has 0 saturated heterocycles. The Kier molecular flexibility index (Phi) is 3.98. The van der Waals surface area contributed by atoms with Crippen molar-refractivity contribution in [3.05, 3.63) is 57.3 Å². The molecule has 1 aromatic carbocycles. The third-order valence-corrected chi connectivity index (χ3v) is 3.76. The normalized spacial score (nSPS) is 9.95. The molecule has 2 aromatic rings. The van der Waals surface area contributed by atoms with Crippen molar-refractivity contribution in [1.82, 2.24) is 4.90 Å². The molecule has 0 spiro atoms. The minimum absolute atomic E-state index is 0.0143. The molecule has 1 amide bonds. The Hall–Kier alpha value is -2.12. The van der Waals surface area contributed by atoms with Gasteiger partial charge in [-0.15, -0.1) is 11.3 Å². The van der Waals surface area contributed by atoms with Crippen LogP contribution in [0.25, 0.3) is 0 Å². The lowest BCUT2D eigenvalue weighted by atomic mass is 10.1. The van der Waals surface area contributed by atoms with E-state index in [0.717, 1.165) is 15.3 Å². The van der Waals surface area contributed by atoms with Crippen LogP contribution in [0.5, 0.6) is 0 Å². The van der Waals surface area contributed by atoms with Crippen LogP contribution in [-0.4, -0.2) is 17.9 Å². The number of nitriles is 1. The van der Waals surface area contributed by atoms with Gasteiger partial charge in [-0.25, -0.2) is 0 Å². The van der Waals surface area contributed by atoms with Crippen LogP contribution in [0.4, 0.5) is 0 Å². The van der Waals surface area contributed by atoms with Crippen LogP contribution in [0.2, 0.25) is 0 Å². The van der Waals surface area contributed by atoms with Gasteiger partial charge in [0.25, 0.3) is 5.91 Å². The van der Waals surface area contributed by atoms with Crippen molar-refractivity contribution in [2.75, 3.05) is 7.05 Å². The molecule has 1 heterocycles. The van der Waals surface area contributed by atoms with Crippen LogP contribution >= 0.6 is 11.3 Å². The maximum atomic E-state index is 12.2. The molecular formula is C15H14N2OS. The second-order valence-electron chi connectivity index (χ2n) is 4.38. The van der Waals surface area contributed by atoms with Crippen LogP contribution in [0, 0.1) is 18.3 Å². The second kappa shape index (κ2) is 5.68. The fourth-order valence-electron chi connectivity index (χ4n) is 1.82. The largest absolute Gasteiger partial charge is 0.337 e. The second-order valence-corrected chi connectivity index (χ2v) is 5.67. The van der Waals surface area contributed by atoms with Gasteiger partial charge in [-0.05, 0) is 36.8 Å². The summed E-state index contributed by atoms with van der Waals surface area (Å²) in [5.74, 6) is 0.0143. The van der Waals surface area contributed by atoms with Gasteiger partial charge in [0.1, 0.15) is 0 Å². The Morgan fingerprint density at radius 3 is 2.79 bits per heavy atom. The van der Waals surface area contributed by atoms with Gasteiger partial charge in [-0.3, -0.25) is 4.79 Å². The summed E-state index contributed by atoms with van der Waals surface area (Å²) in [6.07, 6.45) is 0. The molecule has 19 heavy (non-hydrogen) atoms. The molecule has 1 aromatic heterocycles. The Bertz CT molecular complexity index is 640. The highest BCUT2D eigenvalue weighted by Crippen LogP contribution is 2.18. The van der Waals surface area contributed by atoms with Gasteiger partial charge in [-0.2, -0.15) is 5.26 Å². The highest BCUT2D eigenvalue weighted by atomic mass is 32.1. The molecule has 0 bridgehead atoms. The summed E-state index contributed by atoms with van der Waals surface area (Å²) in [4.78, 5) is 15.7. The maximum absolute atomic E-state index is 12.2. The number of nitrogens with zero attached hydrogens (tertiary/aromatic N) is 2. The summed E-state index contributed by atoms with van der Waals surface area (Å²) in [6, 6.07) is 13.2. The molecule has 2 rings (SSSR count). The first-order valence-electron chi connectivity index (χ1n) is 5.91. The Morgan fingerprint density at radius 1 is 1.37 bits per heavy atom. The van der Waals surface area contributed by atoms with Crippen molar-refractivity contribution in [3.8, 4) is 6.07 Å². The molecule has 0 N–H and O–H groups in total. The predicted molar refractivity (Wildman–Crippen MR) is 76.0 cm³/mol. The van der Waals surface area contributed by atoms with Gasteiger partial charge >= 0.3 is 0 Å². The molecule has 0 saturated carbocycles. The number of hydrogen-bond donors (Lipinski definition) is 0. The summed E-state index contributed by atoms with van der Waals surface area (Å²) in [6.45, 7) is 2.49. The van der Waals surface area contributed by atoms with E-state index in [-0.39, 0.29) is 5.91 Å². The predicted octanol–water partition coefficient (Wildman–Crippen LogP) is 3.20. The topological polar surface area (TPSA) is 44.1 Å². The molecular weight excluding hydrogens is 256 g/mol. The molecule has 0 aliphatic rings. The Balaban J connectivity index is 2.10. The maximum Gasteiger partial charge on any atom is 0.263 e. The molecule has 0 radical (unpaired) electrons. The summed E-state index contributed by atoms with van der Waals surface area (Å²) >= 11 is 1.50. The van der Waals surface area contributed by atoms with Gasteiger partial charge in [0, 0.05) is 18.5 Å². The van der Waals surface area contributed by atoms with Crippen molar-refractivity contribution in [3.63, 3.8) is 0 Å². The summed E-state index contributed by atoms with van der Waals surface area (Å²) in [5.41, 5.74) is 1.58. The van der Waals surface area contributed by atoms with E-state index < -0.39 is 0 Å². The van der Waals surface area contributed by atoms with Crippen LogP contribution in [0.15, 0.2) is 36.4 Å². The van der Waals surface area contributed by atoms with Gasteiger partial charge in [0.15, 0.2) is 0 Å². The van der Waals surface area contributed by atoms with Crippen molar-refractivity contribution < 1.29 is 4.79 Å². The molecule has 0 aliphatic carbocycles. The monoisotopic (exact) mass is 270 g/mol. The smallest absolute Gasteiger partial charge is 0.263 e. The van der Waals surface area contributed by atoms with Crippen LogP contribution < -0.4 is 0 Å². The fourth-order valence-corrected chi connectivity index (χ4v) is 2.68. The number of benzene rings is 1. The highest BCUT2D eigenvalue weighted by molar-refractivity contribution is 7.13. The minimum atomic E-state index is 0.0143. The van der Waals surface area contributed by atoms with E-state index in [0.29, 0.717) is 12.1 Å². The van der Waals surface area contributed by atoms with Gasteiger partial charge < -0.3 is 4.90 Å². The molecule has 0 unspecified atom stereocenters. The lowest BCUT2D eigenvalue weighted by Crippen LogP contribution is -2.25. The number of hydrogen-bond acceptors (Lipinski definition) is 3. The highest BCUT2D eigenvalue weighted by Gasteiger charge is 2.13. The van der Waals surface area contributed by atoms with Crippen molar-refractivity contribution in [1.29, 1.82) is 5.26 Å². The zero-order valence-electron chi connectivity index (χ0n) is 10.9. The number of aryl methyl sites for hydroxylation is 1. The van der Waals surface area contributed by atoms with Gasteiger partial charge in [-0.1, -0.05) is 12.1 Å². The first-order chi connectivity index (χ1) is 9.10. The lowest BCUT2D eigenvalue weighted by Gasteiger charge is -2.16. The van der Waals surface area contributed by atoms with Crippen LogP contribution in [0.1, 0.15) is 25.7 Å². The third-order valence-electron chi connectivity index (χ3n) is 2.77. The van der Waals surface area contributed by atoms with E-state index in [1.54, 1.807) is 18.0 Å². The average Bonchev–Trinajstić information content (AvgIpc) is 2.84. The van der Waals surface area contributed by atoms with Crippen LogP contribution in [0.3, 0.4) is 0 Å². The standard InChI is InChI=1S/C15H14N2OS/c1-11-6-7-14(19-11)15(18)17(2)10-13-5-3-4-12(8-13)9-16/h3-8H,10H2,1-2H3. The number of thiophene rings is 1. The number of carbonyl (C=O) groups is 1. The molecule has 96 valence electrons. The van der Waals surface area contributed by atoms with Crippen LogP contribution in [-0.2, 0) is 6.54 Å². The van der Waals surface area contributed by atoms with E-state index in [1.807, 2.05) is 37.3 Å². The van der Waals surface area contributed by atoms with Crippen molar-refractivity contribution in [2.45, 2.75) is 13.5 Å².